The molecule has 1 heterocycles. The Hall–Kier alpha value is -0.0800. The van der Waals surface area contributed by atoms with E-state index >= 15 is 0 Å². The van der Waals surface area contributed by atoms with Crippen LogP contribution in [0, 0.1) is 5.92 Å². The smallest absolute Gasteiger partial charge is 0.00925 e. The Morgan fingerprint density at radius 2 is 2.06 bits per heavy atom. The summed E-state index contributed by atoms with van der Waals surface area (Å²) >= 11 is 0. The van der Waals surface area contributed by atoms with Crippen LogP contribution in [0.2, 0.25) is 0 Å². The Bertz CT molecular complexity index is 205. The molecule has 0 amide bonds. The van der Waals surface area contributed by atoms with E-state index in [0.29, 0.717) is 0 Å². The van der Waals surface area contributed by atoms with Gasteiger partial charge in [-0.25, -0.2) is 0 Å². The molecule has 18 heavy (non-hydrogen) atoms. The van der Waals surface area contributed by atoms with Crippen molar-refractivity contribution in [2.75, 3.05) is 19.6 Å². The average Bonchev–Trinajstić information content (AvgIpc) is 2.38. The van der Waals surface area contributed by atoms with Gasteiger partial charge in [0, 0.05) is 12.1 Å². The number of hydrogen-bond acceptors (Lipinski definition) is 2. The lowest BCUT2D eigenvalue weighted by molar-refractivity contribution is 0.111. The van der Waals surface area contributed by atoms with E-state index in [1.54, 1.807) is 0 Å². The summed E-state index contributed by atoms with van der Waals surface area (Å²) < 4.78 is 0. The molecular weight excluding hydrogens is 220 g/mol. The fourth-order valence-electron chi connectivity index (χ4n) is 3.08. The molecule has 1 aliphatic rings. The average molecular weight is 254 g/mol. The van der Waals surface area contributed by atoms with Crippen LogP contribution in [-0.4, -0.2) is 36.6 Å². The van der Waals surface area contributed by atoms with Crippen LogP contribution >= 0.6 is 0 Å². The molecule has 0 aromatic rings. The number of rotatable bonds is 8. The second-order valence-corrected chi connectivity index (χ2v) is 6.10. The highest BCUT2D eigenvalue weighted by molar-refractivity contribution is 4.78. The van der Waals surface area contributed by atoms with Crippen molar-refractivity contribution in [2.24, 2.45) is 5.92 Å². The molecule has 1 fully saturated rings. The van der Waals surface area contributed by atoms with Gasteiger partial charge in [0.15, 0.2) is 0 Å². The molecule has 1 aliphatic heterocycles. The van der Waals surface area contributed by atoms with Crippen molar-refractivity contribution < 1.29 is 0 Å². The van der Waals surface area contributed by atoms with Crippen LogP contribution in [-0.2, 0) is 0 Å². The molecule has 0 aromatic heterocycles. The number of likely N-dealkylation sites (tertiary alicyclic amines) is 1. The van der Waals surface area contributed by atoms with Crippen molar-refractivity contribution in [2.45, 2.75) is 78.3 Å². The molecule has 1 saturated heterocycles. The first-order chi connectivity index (χ1) is 8.69. The molecule has 1 N–H and O–H groups in total. The maximum Gasteiger partial charge on any atom is 0.00925 e. The van der Waals surface area contributed by atoms with Crippen LogP contribution in [0.4, 0.5) is 0 Å². The third-order valence-corrected chi connectivity index (χ3v) is 4.68. The molecule has 0 radical (unpaired) electrons. The molecule has 0 spiro atoms. The first-order valence-electron chi connectivity index (χ1n) is 8.16. The minimum absolute atomic E-state index is 0.738. The van der Waals surface area contributed by atoms with Crippen LogP contribution in [0.1, 0.15) is 66.2 Å². The van der Waals surface area contributed by atoms with Crippen LogP contribution in [0.25, 0.3) is 0 Å². The van der Waals surface area contributed by atoms with Gasteiger partial charge in [0.1, 0.15) is 0 Å². The van der Waals surface area contributed by atoms with Gasteiger partial charge >= 0.3 is 0 Å². The van der Waals surface area contributed by atoms with Crippen molar-refractivity contribution in [3.8, 4) is 0 Å². The van der Waals surface area contributed by atoms with Gasteiger partial charge in [-0.3, -0.25) is 0 Å². The predicted octanol–water partition coefficient (Wildman–Crippen LogP) is 3.67. The monoisotopic (exact) mass is 254 g/mol. The SMILES string of the molecule is CCCNC(CC)CCCN1CCCC(C)C1C. The Morgan fingerprint density at radius 3 is 2.72 bits per heavy atom. The zero-order valence-electron chi connectivity index (χ0n) is 13.0. The van der Waals surface area contributed by atoms with E-state index in [2.05, 4.69) is 37.9 Å². The van der Waals surface area contributed by atoms with Crippen molar-refractivity contribution in [3.63, 3.8) is 0 Å². The molecule has 2 heteroatoms. The predicted molar refractivity (Wildman–Crippen MR) is 81.0 cm³/mol. The van der Waals surface area contributed by atoms with Crippen molar-refractivity contribution in [1.82, 2.24) is 10.2 Å². The highest BCUT2D eigenvalue weighted by Gasteiger charge is 2.23. The molecule has 3 atom stereocenters. The van der Waals surface area contributed by atoms with Crippen molar-refractivity contribution in [3.05, 3.63) is 0 Å². The van der Waals surface area contributed by atoms with E-state index in [9.17, 15) is 0 Å². The second-order valence-electron chi connectivity index (χ2n) is 6.10. The molecule has 0 bridgehead atoms. The summed E-state index contributed by atoms with van der Waals surface area (Å²) in [6.07, 6.45) is 8.04. The zero-order valence-corrected chi connectivity index (χ0v) is 13.0. The van der Waals surface area contributed by atoms with Crippen molar-refractivity contribution in [1.29, 1.82) is 0 Å². The summed E-state index contributed by atoms with van der Waals surface area (Å²) in [4.78, 5) is 2.71. The summed E-state index contributed by atoms with van der Waals surface area (Å²) in [6, 6.07) is 1.53. The van der Waals surface area contributed by atoms with Gasteiger partial charge < -0.3 is 10.2 Å². The lowest BCUT2D eigenvalue weighted by Gasteiger charge is -2.38. The van der Waals surface area contributed by atoms with Crippen LogP contribution in [0.5, 0.6) is 0 Å². The fraction of sp³-hybridized carbons (Fsp3) is 1.00. The summed E-state index contributed by atoms with van der Waals surface area (Å²) in [7, 11) is 0. The summed E-state index contributed by atoms with van der Waals surface area (Å²) in [6.45, 7) is 13.2. The van der Waals surface area contributed by atoms with Gasteiger partial charge in [0.25, 0.3) is 0 Å². The molecule has 2 nitrogen and oxygen atoms in total. The van der Waals surface area contributed by atoms with E-state index in [1.165, 1.54) is 58.2 Å². The number of nitrogens with zero attached hydrogens (tertiary/aromatic N) is 1. The van der Waals surface area contributed by atoms with Crippen molar-refractivity contribution >= 4 is 0 Å². The third kappa shape index (κ3) is 5.27. The molecule has 0 aliphatic carbocycles. The van der Waals surface area contributed by atoms with E-state index in [-0.39, 0.29) is 0 Å². The standard InChI is InChI=1S/C16H34N2/c1-5-11-17-16(6-2)10-8-13-18-12-7-9-14(3)15(18)4/h14-17H,5-13H2,1-4H3. The molecule has 108 valence electrons. The van der Waals surface area contributed by atoms with E-state index in [1.807, 2.05) is 0 Å². The molecular formula is C16H34N2. The van der Waals surface area contributed by atoms with Crippen LogP contribution in [0.15, 0.2) is 0 Å². The summed E-state index contributed by atoms with van der Waals surface area (Å²) in [5.74, 6) is 0.888. The van der Waals surface area contributed by atoms with Gasteiger partial charge in [-0.05, 0) is 71.0 Å². The third-order valence-electron chi connectivity index (χ3n) is 4.68. The second kappa shape index (κ2) is 8.92. The van der Waals surface area contributed by atoms with Gasteiger partial charge in [-0.1, -0.05) is 20.8 Å². The molecule has 0 aromatic carbocycles. The number of hydrogen-bond donors (Lipinski definition) is 1. The first-order valence-corrected chi connectivity index (χ1v) is 8.16. The maximum absolute atomic E-state index is 3.66. The lowest BCUT2D eigenvalue weighted by Crippen LogP contribution is -2.43. The molecule has 3 unspecified atom stereocenters. The van der Waals surface area contributed by atoms with E-state index < -0.39 is 0 Å². The highest BCUT2D eigenvalue weighted by Crippen LogP contribution is 2.23. The van der Waals surface area contributed by atoms with Gasteiger partial charge in [0.2, 0.25) is 0 Å². The molecule has 0 saturated carbocycles. The Morgan fingerprint density at radius 1 is 1.28 bits per heavy atom. The minimum atomic E-state index is 0.738. The maximum atomic E-state index is 3.66. The Kier molecular flexibility index (Phi) is 7.92. The first kappa shape index (κ1) is 16.0. The number of nitrogens with one attached hydrogen (secondary N) is 1. The normalized spacial score (nSPS) is 27.3. The molecule has 1 rings (SSSR count). The Labute approximate surface area is 115 Å². The number of piperidine rings is 1. The summed E-state index contributed by atoms with van der Waals surface area (Å²) in [5, 5.41) is 3.66. The quantitative estimate of drug-likeness (QED) is 0.711. The zero-order chi connectivity index (χ0) is 13.4. The fourth-order valence-corrected chi connectivity index (χ4v) is 3.08. The lowest BCUT2D eigenvalue weighted by atomic mass is 9.92. The highest BCUT2D eigenvalue weighted by atomic mass is 15.2. The van der Waals surface area contributed by atoms with Crippen LogP contribution < -0.4 is 5.32 Å². The topological polar surface area (TPSA) is 15.3 Å². The summed E-state index contributed by atoms with van der Waals surface area (Å²) in [5.41, 5.74) is 0. The largest absolute Gasteiger partial charge is 0.314 e. The van der Waals surface area contributed by atoms with E-state index in [4.69, 9.17) is 0 Å². The Balaban J connectivity index is 2.19. The van der Waals surface area contributed by atoms with E-state index in [0.717, 1.165) is 18.0 Å². The van der Waals surface area contributed by atoms with Gasteiger partial charge in [-0.2, -0.15) is 0 Å². The minimum Gasteiger partial charge on any atom is -0.314 e. The van der Waals surface area contributed by atoms with Gasteiger partial charge in [-0.15, -0.1) is 0 Å². The van der Waals surface area contributed by atoms with Crippen LogP contribution in [0.3, 0.4) is 0 Å². The van der Waals surface area contributed by atoms with Gasteiger partial charge in [0.05, 0.1) is 0 Å².